The van der Waals surface area contributed by atoms with Gasteiger partial charge in [0, 0.05) is 38.5 Å². The van der Waals surface area contributed by atoms with Crippen molar-refractivity contribution in [3.63, 3.8) is 0 Å². The van der Waals surface area contributed by atoms with E-state index >= 15 is 0 Å². The number of likely N-dealkylation sites (N-methyl/N-ethyl adjacent to an activating group) is 1. The minimum absolute atomic E-state index is 0.904. The zero-order valence-corrected chi connectivity index (χ0v) is 11.1. The predicted octanol–water partition coefficient (Wildman–Crippen LogP) is 0.0782. The van der Waals surface area contributed by atoms with Crippen LogP contribution in [0.15, 0.2) is 24.2 Å². The quantitative estimate of drug-likeness (QED) is 0.682. The fourth-order valence-electron chi connectivity index (χ4n) is 1.98. The Bertz CT molecular complexity index is 315. The van der Waals surface area contributed by atoms with Gasteiger partial charge in [0.15, 0.2) is 5.70 Å². The number of hydrogen-bond acceptors (Lipinski definition) is 4. The van der Waals surface area contributed by atoms with Gasteiger partial charge in [0.1, 0.15) is 6.20 Å². The van der Waals surface area contributed by atoms with Crippen molar-refractivity contribution in [1.29, 1.82) is 0 Å². The third-order valence-electron chi connectivity index (χ3n) is 3.60. The number of piperazine rings is 1. The van der Waals surface area contributed by atoms with Gasteiger partial charge in [-0.15, -0.1) is 0 Å². The molecule has 0 saturated carbocycles. The molecule has 2 N–H and O–H groups in total. The third-order valence-corrected chi connectivity index (χ3v) is 3.60. The van der Waals surface area contributed by atoms with Crippen LogP contribution in [0.4, 0.5) is 0 Å². The van der Waals surface area contributed by atoms with Crippen molar-refractivity contribution in [2.75, 3.05) is 46.8 Å². The first-order chi connectivity index (χ1) is 8.13. The molecule has 1 fully saturated rings. The molecule has 2 aliphatic heterocycles. The molecule has 0 aromatic heterocycles. The second-order valence-corrected chi connectivity index (χ2v) is 5.07. The Morgan fingerprint density at radius 1 is 1.29 bits per heavy atom. The molecular weight excluding hydrogens is 214 g/mol. The zero-order chi connectivity index (χ0) is 12.3. The van der Waals surface area contributed by atoms with E-state index in [2.05, 4.69) is 54.2 Å². The summed E-state index contributed by atoms with van der Waals surface area (Å²) in [7, 11) is 4.47. The van der Waals surface area contributed by atoms with Crippen molar-refractivity contribution in [3.8, 4) is 0 Å². The van der Waals surface area contributed by atoms with E-state index in [0.717, 1.165) is 37.2 Å². The summed E-state index contributed by atoms with van der Waals surface area (Å²) in [5, 5.41) is 7.81. The maximum absolute atomic E-state index is 3.37. The highest BCUT2D eigenvalue weighted by atomic mass is 15.8. The van der Waals surface area contributed by atoms with Crippen molar-refractivity contribution in [2.24, 2.45) is 0 Å². The molecular formula is C12H24N5+. The van der Waals surface area contributed by atoms with Crippen LogP contribution < -0.4 is 10.7 Å². The second kappa shape index (κ2) is 5.08. The lowest BCUT2D eigenvalue weighted by Gasteiger charge is -2.39. The summed E-state index contributed by atoms with van der Waals surface area (Å²) in [6.07, 6.45) is 6.38. The predicted molar refractivity (Wildman–Crippen MR) is 69.3 cm³/mol. The SMILES string of the molecule is CC[N+](C)(C)C1=CN(N2CCNCC2)NC=C1. The molecule has 0 aromatic carbocycles. The lowest BCUT2D eigenvalue weighted by Crippen LogP contribution is -2.55. The van der Waals surface area contributed by atoms with Crippen LogP contribution in [0.2, 0.25) is 0 Å². The third kappa shape index (κ3) is 2.80. The van der Waals surface area contributed by atoms with Crippen molar-refractivity contribution in [2.45, 2.75) is 6.92 Å². The van der Waals surface area contributed by atoms with E-state index in [1.165, 1.54) is 5.70 Å². The standard InChI is InChI=1S/C12H24N5/c1-4-17(2,3)12-5-6-14-16(11-12)15-9-7-13-8-10-15/h5-6,11,13-14H,4,7-10H2,1-3H3/q+1. The van der Waals surface area contributed by atoms with Gasteiger partial charge in [0.25, 0.3) is 0 Å². The Kier molecular flexibility index (Phi) is 3.71. The fourth-order valence-corrected chi connectivity index (χ4v) is 1.98. The van der Waals surface area contributed by atoms with Gasteiger partial charge in [-0.1, -0.05) is 0 Å². The van der Waals surface area contributed by atoms with Crippen molar-refractivity contribution < 1.29 is 4.48 Å². The van der Waals surface area contributed by atoms with Crippen LogP contribution in [-0.4, -0.2) is 61.4 Å². The van der Waals surface area contributed by atoms with Gasteiger partial charge in [-0.2, -0.15) is 5.01 Å². The Morgan fingerprint density at radius 2 is 2.00 bits per heavy atom. The summed E-state index contributed by atoms with van der Waals surface area (Å²) in [5.41, 5.74) is 4.60. The summed E-state index contributed by atoms with van der Waals surface area (Å²) in [6.45, 7) is 7.50. The van der Waals surface area contributed by atoms with Gasteiger partial charge < -0.3 is 5.32 Å². The Morgan fingerprint density at radius 3 is 2.65 bits per heavy atom. The Balaban J connectivity index is 2.08. The zero-order valence-electron chi connectivity index (χ0n) is 11.1. The molecule has 0 amide bonds. The lowest BCUT2D eigenvalue weighted by atomic mass is 10.3. The highest BCUT2D eigenvalue weighted by molar-refractivity contribution is 5.13. The first kappa shape index (κ1) is 12.4. The lowest BCUT2D eigenvalue weighted by molar-refractivity contribution is -0.847. The summed E-state index contributed by atoms with van der Waals surface area (Å²) >= 11 is 0. The molecule has 0 aliphatic carbocycles. The van der Waals surface area contributed by atoms with Gasteiger partial charge in [-0.25, -0.2) is 5.12 Å². The van der Waals surface area contributed by atoms with Crippen molar-refractivity contribution >= 4 is 0 Å². The normalized spacial score (nSPS) is 22.3. The largest absolute Gasteiger partial charge is 0.314 e. The van der Waals surface area contributed by atoms with E-state index in [9.17, 15) is 0 Å². The number of nitrogens with zero attached hydrogens (tertiary/aromatic N) is 3. The van der Waals surface area contributed by atoms with Gasteiger partial charge in [-0.05, 0) is 6.92 Å². The minimum Gasteiger partial charge on any atom is -0.314 e. The molecule has 0 spiro atoms. The average molecular weight is 238 g/mol. The monoisotopic (exact) mass is 238 g/mol. The maximum Gasteiger partial charge on any atom is 0.153 e. The number of quaternary nitrogens is 1. The van der Waals surface area contributed by atoms with Crippen molar-refractivity contribution in [3.05, 3.63) is 24.2 Å². The fraction of sp³-hybridized carbons (Fsp3) is 0.667. The van der Waals surface area contributed by atoms with Crippen LogP contribution in [0, 0.1) is 0 Å². The van der Waals surface area contributed by atoms with E-state index in [-0.39, 0.29) is 0 Å². The van der Waals surface area contributed by atoms with Gasteiger partial charge in [-0.3, -0.25) is 9.91 Å². The summed E-state index contributed by atoms with van der Waals surface area (Å²) in [4.78, 5) is 0. The number of rotatable bonds is 3. The second-order valence-electron chi connectivity index (χ2n) is 5.07. The molecule has 96 valence electrons. The van der Waals surface area contributed by atoms with Crippen LogP contribution in [0.3, 0.4) is 0 Å². The number of hydrazine groups is 2. The van der Waals surface area contributed by atoms with Crippen molar-refractivity contribution in [1.82, 2.24) is 20.9 Å². The smallest absolute Gasteiger partial charge is 0.153 e. The summed E-state index contributed by atoms with van der Waals surface area (Å²) < 4.78 is 0.904. The van der Waals surface area contributed by atoms with Crippen LogP contribution in [0.1, 0.15) is 6.92 Å². The molecule has 2 aliphatic rings. The van der Waals surface area contributed by atoms with E-state index in [4.69, 9.17) is 0 Å². The van der Waals surface area contributed by atoms with Gasteiger partial charge in [0.2, 0.25) is 0 Å². The molecule has 2 heterocycles. The molecule has 17 heavy (non-hydrogen) atoms. The number of allylic oxidation sites excluding steroid dienone is 1. The Labute approximate surface area is 104 Å². The highest BCUT2D eigenvalue weighted by Crippen LogP contribution is 2.16. The average Bonchev–Trinajstić information content (AvgIpc) is 2.40. The van der Waals surface area contributed by atoms with Crippen LogP contribution in [0.5, 0.6) is 0 Å². The molecule has 5 heteroatoms. The molecule has 0 atom stereocenters. The van der Waals surface area contributed by atoms with Crippen LogP contribution in [-0.2, 0) is 0 Å². The van der Waals surface area contributed by atoms with E-state index in [0.29, 0.717) is 0 Å². The minimum atomic E-state index is 0.904. The first-order valence-electron chi connectivity index (χ1n) is 6.36. The molecule has 0 unspecified atom stereocenters. The maximum atomic E-state index is 3.37. The molecule has 1 saturated heterocycles. The highest BCUT2D eigenvalue weighted by Gasteiger charge is 2.23. The summed E-state index contributed by atoms with van der Waals surface area (Å²) in [6, 6.07) is 0. The molecule has 0 radical (unpaired) electrons. The number of hydrogen-bond donors (Lipinski definition) is 2. The first-order valence-corrected chi connectivity index (χ1v) is 6.36. The van der Waals surface area contributed by atoms with Gasteiger partial charge >= 0.3 is 0 Å². The molecule has 0 aromatic rings. The molecule has 5 nitrogen and oxygen atoms in total. The van der Waals surface area contributed by atoms with Gasteiger partial charge in [0.05, 0.1) is 20.6 Å². The van der Waals surface area contributed by atoms with Crippen LogP contribution in [0.25, 0.3) is 0 Å². The van der Waals surface area contributed by atoms with E-state index < -0.39 is 0 Å². The number of nitrogens with one attached hydrogen (secondary N) is 2. The molecule has 2 rings (SSSR count). The summed E-state index contributed by atoms with van der Waals surface area (Å²) in [5.74, 6) is 0. The Hall–Kier alpha value is -1.04. The molecule has 0 bridgehead atoms. The topological polar surface area (TPSA) is 30.5 Å². The van der Waals surface area contributed by atoms with E-state index in [1.54, 1.807) is 0 Å². The van der Waals surface area contributed by atoms with Crippen LogP contribution >= 0.6 is 0 Å². The van der Waals surface area contributed by atoms with E-state index in [1.807, 2.05) is 6.20 Å².